The molecule has 3 rings (SSSR count). The number of benzene rings is 1. The number of nitrogens with zero attached hydrogens (tertiary/aromatic N) is 2. The molecule has 0 amide bonds. The van der Waals surface area contributed by atoms with Gasteiger partial charge in [-0.2, -0.15) is 0 Å². The second-order valence-corrected chi connectivity index (χ2v) is 5.25. The number of fused-ring (bicyclic) bond motifs is 1. The molecule has 2 aromatic heterocycles. The Labute approximate surface area is 124 Å². The van der Waals surface area contributed by atoms with Gasteiger partial charge >= 0.3 is 0 Å². The summed E-state index contributed by atoms with van der Waals surface area (Å²) >= 11 is 0. The van der Waals surface area contributed by atoms with Gasteiger partial charge in [0.2, 0.25) is 0 Å². The normalized spacial score (nSPS) is 11.0. The number of hydrogen-bond donors (Lipinski definition) is 1. The molecule has 0 aliphatic heterocycles. The molecule has 1 aromatic carbocycles. The number of pyridine rings is 1. The van der Waals surface area contributed by atoms with Crippen LogP contribution in [0.4, 0.5) is 0 Å². The van der Waals surface area contributed by atoms with Gasteiger partial charge in [0, 0.05) is 18.9 Å². The summed E-state index contributed by atoms with van der Waals surface area (Å²) in [4.78, 5) is 4.54. The largest absolute Gasteiger partial charge is 0.487 e. The van der Waals surface area contributed by atoms with E-state index in [0.29, 0.717) is 13.2 Å². The molecule has 0 saturated heterocycles. The Kier molecular flexibility index (Phi) is 3.62. The number of ether oxygens (including phenoxy) is 1. The zero-order valence-corrected chi connectivity index (χ0v) is 12.3. The van der Waals surface area contributed by atoms with Gasteiger partial charge < -0.3 is 14.9 Å². The van der Waals surface area contributed by atoms with E-state index in [1.807, 2.05) is 48.8 Å². The van der Waals surface area contributed by atoms with Gasteiger partial charge in [0.15, 0.2) is 0 Å². The molecule has 0 unspecified atom stereocenters. The number of aryl methyl sites for hydroxylation is 2. The van der Waals surface area contributed by atoms with Crippen LogP contribution in [0.3, 0.4) is 0 Å². The maximum atomic E-state index is 5.97. The predicted molar refractivity (Wildman–Crippen MR) is 83.3 cm³/mol. The van der Waals surface area contributed by atoms with E-state index in [4.69, 9.17) is 10.5 Å². The molecule has 0 fully saturated rings. The van der Waals surface area contributed by atoms with Crippen molar-refractivity contribution in [2.75, 3.05) is 0 Å². The van der Waals surface area contributed by atoms with Crippen LogP contribution in [0.2, 0.25) is 0 Å². The molecular formula is C17H19N3O. The molecule has 3 aromatic rings. The second-order valence-electron chi connectivity index (χ2n) is 5.25. The van der Waals surface area contributed by atoms with Gasteiger partial charge in [0.05, 0.1) is 5.69 Å². The molecule has 0 saturated carbocycles. The molecule has 2 heterocycles. The Hall–Kier alpha value is -2.33. The lowest BCUT2D eigenvalue weighted by Gasteiger charge is -2.12. The standard InChI is InChI=1S/C17H19N3O/c1-12-7-14(9-18)8-13(2)17(12)21-11-15-10-20-6-4-3-5-16(20)19-15/h3-8,10H,9,11,18H2,1-2H3. The third kappa shape index (κ3) is 2.76. The van der Waals surface area contributed by atoms with Crippen LogP contribution in [0.15, 0.2) is 42.7 Å². The fraction of sp³-hybridized carbons (Fsp3) is 0.235. The minimum atomic E-state index is 0.464. The Morgan fingerprint density at radius 2 is 1.95 bits per heavy atom. The molecule has 2 N–H and O–H groups in total. The summed E-state index contributed by atoms with van der Waals surface area (Å²) in [7, 11) is 0. The highest BCUT2D eigenvalue weighted by Gasteiger charge is 2.08. The van der Waals surface area contributed by atoms with Crippen molar-refractivity contribution in [2.24, 2.45) is 5.73 Å². The van der Waals surface area contributed by atoms with Crippen LogP contribution in [-0.4, -0.2) is 9.38 Å². The Balaban J connectivity index is 1.81. The second kappa shape index (κ2) is 5.58. The van der Waals surface area contributed by atoms with E-state index < -0.39 is 0 Å². The fourth-order valence-corrected chi connectivity index (χ4v) is 2.59. The molecule has 0 radical (unpaired) electrons. The monoisotopic (exact) mass is 281 g/mol. The first kappa shape index (κ1) is 13.6. The molecule has 0 aliphatic rings. The predicted octanol–water partition coefficient (Wildman–Crippen LogP) is 2.99. The fourth-order valence-electron chi connectivity index (χ4n) is 2.59. The van der Waals surface area contributed by atoms with Crippen molar-refractivity contribution in [1.82, 2.24) is 9.38 Å². The van der Waals surface area contributed by atoms with Crippen LogP contribution in [0.5, 0.6) is 5.75 Å². The van der Waals surface area contributed by atoms with Crippen molar-refractivity contribution >= 4 is 5.65 Å². The van der Waals surface area contributed by atoms with Crippen molar-refractivity contribution in [3.05, 3.63) is 65.1 Å². The maximum absolute atomic E-state index is 5.97. The molecule has 108 valence electrons. The lowest BCUT2D eigenvalue weighted by atomic mass is 10.1. The molecule has 0 aliphatic carbocycles. The summed E-state index contributed by atoms with van der Waals surface area (Å²) in [5.41, 5.74) is 10.9. The van der Waals surface area contributed by atoms with Crippen LogP contribution in [0.25, 0.3) is 5.65 Å². The zero-order chi connectivity index (χ0) is 14.8. The van der Waals surface area contributed by atoms with Crippen molar-refractivity contribution < 1.29 is 4.74 Å². The van der Waals surface area contributed by atoms with Crippen molar-refractivity contribution in [3.63, 3.8) is 0 Å². The highest BCUT2D eigenvalue weighted by molar-refractivity contribution is 5.44. The van der Waals surface area contributed by atoms with Gasteiger partial charge in [0.25, 0.3) is 0 Å². The van der Waals surface area contributed by atoms with Gasteiger partial charge in [-0.25, -0.2) is 4.98 Å². The molecule has 0 bridgehead atoms. The number of imidazole rings is 1. The third-order valence-electron chi connectivity index (χ3n) is 3.53. The van der Waals surface area contributed by atoms with E-state index >= 15 is 0 Å². The van der Waals surface area contributed by atoms with Gasteiger partial charge in [0.1, 0.15) is 18.0 Å². The van der Waals surface area contributed by atoms with E-state index in [2.05, 4.69) is 17.1 Å². The quantitative estimate of drug-likeness (QED) is 0.800. The number of nitrogens with two attached hydrogens (primary N) is 1. The van der Waals surface area contributed by atoms with Gasteiger partial charge in [-0.05, 0) is 42.7 Å². The SMILES string of the molecule is Cc1cc(CN)cc(C)c1OCc1cn2ccccc2n1. The molecule has 4 heteroatoms. The van der Waals surface area contributed by atoms with E-state index in [9.17, 15) is 0 Å². The summed E-state index contributed by atoms with van der Waals surface area (Å²) in [6.45, 7) is 5.11. The van der Waals surface area contributed by atoms with Crippen LogP contribution >= 0.6 is 0 Å². The lowest BCUT2D eigenvalue weighted by molar-refractivity contribution is 0.298. The topological polar surface area (TPSA) is 52.5 Å². The van der Waals surface area contributed by atoms with Gasteiger partial charge in [-0.3, -0.25) is 0 Å². The minimum absolute atomic E-state index is 0.464. The minimum Gasteiger partial charge on any atom is -0.487 e. The maximum Gasteiger partial charge on any atom is 0.137 e. The molecule has 0 atom stereocenters. The van der Waals surface area contributed by atoms with Crippen LogP contribution in [0.1, 0.15) is 22.4 Å². The highest BCUT2D eigenvalue weighted by Crippen LogP contribution is 2.25. The Morgan fingerprint density at radius 3 is 2.62 bits per heavy atom. The molecular weight excluding hydrogens is 262 g/mol. The average Bonchev–Trinajstić information content (AvgIpc) is 2.88. The first-order valence-corrected chi connectivity index (χ1v) is 7.03. The summed E-state index contributed by atoms with van der Waals surface area (Å²) in [5, 5.41) is 0. The van der Waals surface area contributed by atoms with Gasteiger partial charge in [-0.1, -0.05) is 18.2 Å². The lowest BCUT2D eigenvalue weighted by Crippen LogP contribution is -2.02. The molecule has 21 heavy (non-hydrogen) atoms. The van der Waals surface area contributed by atoms with Crippen LogP contribution in [-0.2, 0) is 13.2 Å². The molecule has 4 nitrogen and oxygen atoms in total. The number of hydrogen-bond acceptors (Lipinski definition) is 3. The summed E-state index contributed by atoms with van der Waals surface area (Å²) in [6, 6.07) is 10.1. The Bertz CT molecular complexity index is 721. The Morgan fingerprint density at radius 1 is 1.19 bits per heavy atom. The summed E-state index contributed by atoms with van der Waals surface area (Å²) < 4.78 is 7.96. The van der Waals surface area contributed by atoms with Crippen molar-refractivity contribution in [3.8, 4) is 5.75 Å². The zero-order valence-electron chi connectivity index (χ0n) is 12.3. The number of aromatic nitrogens is 2. The van der Waals surface area contributed by atoms with E-state index in [0.717, 1.165) is 33.8 Å². The van der Waals surface area contributed by atoms with Crippen molar-refractivity contribution in [2.45, 2.75) is 27.0 Å². The van der Waals surface area contributed by atoms with E-state index in [1.165, 1.54) is 0 Å². The van der Waals surface area contributed by atoms with Gasteiger partial charge in [-0.15, -0.1) is 0 Å². The molecule has 0 spiro atoms. The van der Waals surface area contributed by atoms with Crippen LogP contribution < -0.4 is 10.5 Å². The van der Waals surface area contributed by atoms with Crippen LogP contribution in [0, 0.1) is 13.8 Å². The third-order valence-corrected chi connectivity index (χ3v) is 3.53. The smallest absolute Gasteiger partial charge is 0.137 e. The number of rotatable bonds is 4. The highest BCUT2D eigenvalue weighted by atomic mass is 16.5. The van der Waals surface area contributed by atoms with E-state index in [-0.39, 0.29) is 0 Å². The first-order chi connectivity index (χ1) is 10.2. The van der Waals surface area contributed by atoms with Crippen molar-refractivity contribution in [1.29, 1.82) is 0 Å². The summed E-state index contributed by atoms with van der Waals surface area (Å²) in [5.74, 6) is 0.921. The average molecular weight is 281 g/mol. The van der Waals surface area contributed by atoms with E-state index in [1.54, 1.807) is 0 Å². The summed E-state index contributed by atoms with van der Waals surface area (Å²) in [6.07, 6.45) is 3.98. The first-order valence-electron chi connectivity index (χ1n) is 7.03.